The molecule has 2 aromatic heterocycles. The second kappa shape index (κ2) is 7.97. The second-order valence-electron chi connectivity index (χ2n) is 9.06. The van der Waals surface area contributed by atoms with Crippen LogP contribution in [0.1, 0.15) is 28.9 Å². The zero-order valence-corrected chi connectivity index (χ0v) is 18.5. The Labute approximate surface area is 192 Å². The molecule has 3 aromatic rings. The highest BCUT2D eigenvalue weighted by Crippen LogP contribution is 2.42. The average Bonchev–Trinajstić information content (AvgIpc) is 3.39. The van der Waals surface area contributed by atoms with Crippen molar-refractivity contribution in [3.63, 3.8) is 0 Å². The molecule has 0 aliphatic carbocycles. The summed E-state index contributed by atoms with van der Waals surface area (Å²) in [5.41, 5.74) is 1.94. The number of imidazole rings is 1. The average molecular weight is 446 g/mol. The number of aromatic nitrogens is 2. The molecule has 0 bridgehead atoms. The molecular weight excluding hydrogens is 418 g/mol. The minimum Gasteiger partial charge on any atom is -0.381 e. The van der Waals surface area contributed by atoms with Gasteiger partial charge in [-0.15, -0.1) is 0 Å². The van der Waals surface area contributed by atoms with E-state index >= 15 is 0 Å². The van der Waals surface area contributed by atoms with Gasteiger partial charge in [-0.25, -0.2) is 4.98 Å². The number of hydrogen-bond donors (Lipinski definition) is 0. The third kappa shape index (κ3) is 3.32. The lowest BCUT2D eigenvalue weighted by molar-refractivity contribution is -0.137. The number of nitrogens with zero attached hydrogens (tertiary/aromatic N) is 5. The van der Waals surface area contributed by atoms with Crippen molar-refractivity contribution in [2.75, 3.05) is 32.8 Å². The summed E-state index contributed by atoms with van der Waals surface area (Å²) < 4.78 is 7.53. The summed E-state index contributed by atoms with van der Waals surface area (Å²) >= 11 is 0. The zero-order chi connectivity index (χ0) is 22.4. The number of rotatable bonds is 3. The third-order valence-corrected chi connectivity index (χ3v) is 7.32. The molecule has 5 heterocycles. The smallest absolute Gasteiger partial charge is 0.274 e. The molecule has 170 valence electrons. The van der Waals surface area contributed by atoms with Crippen molar-refractivity contribution in [2.24, 2.45) is 0 Å². The Morgan fingerprint density at radius 2 is 1.85 bits per heavy atom. The van der Waals surface area contributed by atoms with Gasteiger partial charge in [0.15, 0.2) is 0 Å². The summed E-state index contributed by atoms with van der Waals surface area (Å²) in [7, 11) is 0. The van der Waals surface area contributed by atoms with Crippen molar-refractivity contribution in [2.45, 2.75) is 31.1 Å². The Hall–Kier alpha value is -3.23. The molecular formula is C25H27N5O3. The largest absolute Gasteiger partial charge is 0.381 e. The zero-order valence-electron chi connectivity index (χ0n) is 18.5. The van der Waals surface area contributed by atoms with Crippen molar-refractivity contribution in [1.82, 2.24) is 24.1 Å². The summed E-state index contributed by atoms with van der Waals surface area (Å²) in [4.78, 5) is 37.7. The molecule has 0 radical (unpaired) electrons. The van der Waals surface area contributed by atoms with E-state index in [0.29, 0.717) is 45.1 Å². The first-order valence-electron chi connectivity index (χ1n) is 11.6. The highest BCUT2D eigenvalue weighted by Gasteiger charge is 2.58. The second-order valence-corrected chi connectivity index (χ2v) is 9.06. The summed E-state index contributed by atoms with van der Waals surface area (Å²) in [6, 6.07) is 15.5. The highest BCUT2D eigenvalue weighted by molar-refractivity contribution is 5.94. The van der Waals surface area contributed by atoms with Crippen LogP contribution in [0, 0.1) is 0 Å². The fourth-order valence-corrected chi connectivity index (χ4v) is 5.66. The van der Waals surface area contributed by atoms with E-state index in [1.54, 1.807) is 11.1 Å². The molecule has 3 aliphatic rings. The minimum atomic E-state index is -0.339. The van der Waals surface area contributed by atoms with Crippen LogP contribution in [-0.2, 0) is 16.1 Å². The van der Waals surface area contributed by atoms with Gasteiger partial charge in [-0.05, 0) is 17.7 Å². The molecule has 2 amide bonds. The van der Waals surface area contributed by atoms with Crippen LogP contribution in [0.3, 0.4) is 0 Å². The lowest BCUT2D eigenvalue weighted by Gasteiger charge is -2.49. The molecule has 3 fully saturated rings. The molecule has 1 spiro atoms. The Bertz CT molecular complexity index is 1150. The Morgan fingerprint density at radius 1 is 1.06 bits per heavy atom. The van der Waals surface area contributed by atoms with E-state index < -0.39 is 0 Å². The quantitative estimate of drug-likeness (QED) is 0.617. The van der Waals surface area contributed by atoms with Gasteiger partial charge in [-0.1, -0.05) is 36.4 Å². The number of hydrogen-bond acceptors (Lipinski definition) is 5. The minimum absolute atomic E-state index is 0.105. The Kier molecular flexibility index (Phi) is 4.92. The van der Waals surface area contributed by atoms with Crippen LogP contribution in [0.2, 0.25) is 0 Å². The monoisotopic (exact) mass is 445 g/mol. The van der Waals surface area contributed by atoms with E-state index in [1.165, 1.54) is 0 Å². The first kappa shape index (κ1) is 20.4. The van der Waals surface area contributed by atoms with Crippen LogP contribution in [0.5, 0.6) is 0 Å². The van der Waals surface area contributed by atoms with E-state index in [-0.39, 0.29) is 23.5 Å². The topological polar surface area (TPSA) is 70.4 Å². The Balaban J connectivity index is 1.28. The molecule has 3 aliphatic heterocycles. The fourth-order valence-electron chi connectivity index (χ4n) is 5.66. The number of benzene rings is 1. The molecule has 33 heavy (non-hydrogen) atoms. The maximum Gasteiger partial charge on any atom is 0.274 e. The van der Waals surface area contributed by atoms with Gasteiger partial charge in [0.05, 0.1) is 13.2 Å². The number of ether oxygens (including phenoxy) is 1. The van der Waals surface area contributed by atoms with Gasteiger partial charge in [0.25, 0.3) is 5.91 Å². The van der Waals surface area contributed by atoms with E-state index in [2.05, 4.69) is 26.9 Å². The molecule has 3 saturated heterocycles. The van der Waals surface area contributed by atoms with Crippen LogP contribution in [0.15, 0.2) is 60.9 Å². The maximum atomic E-state index is 13.7. The molecule has 1 aromatic carbocycles. The highest BCUT2D eigenvalue weighted by atomic mass is 16.5. The summed E-state index contributed by atoms with van der Waals surface area (Å²) in [5, 5.41) is 0. The van der Waals surface area contributed by atoms with E-state index in [9.17, 15) is 9.59 Å². The normalized spacial score (nSPS) is 22.8. The lowest BCUT2D eigenvalue weighted by atomic mass is 9.96. The van der Waals surface area contributed by atoms with Gasteiger partial charge in [0.2, 0.25) is 5.91 Å². The van der Waals surface area contributed by atoms with Gasteiger partial charge in [-0.3, -0.25) is 14.5 Å². The van der Waals surface area contributed by atoms with Crippen LogP contribution in [0.4, 0.5) is 0 Å². The molecule has 8 heteroatoms. The molecule has 0 saturated carbocycles. The molecule has 6 rings (SSSR count). The van der Waals surface area contributed by atoms with Gasteiger partial charge in [0.1, 0.15) is 23.0 Å². The summed E-state index contributed by atoms with van der Waals surface area (Å²) in [5.74, 6) is -0.0121. The van der Waals surface area contributed by atoms with Crippen molar-refractivity contribution in [1.29, 1.82) is 0 Å². The van der Waals surface area contributed by atoms with Crippen molar-refractivity contribution >= 4 is 17.5 Å². The maximum absolute atomic E-state index is 13.7. The Morgan fingerprint density at radius 3 is 2.64 bits per heavy atom. The first-order valence-corrected chi connectivity index (χ1v) is 11.6. The third-order valence-electron chi connectivity index (χ3n) is 7.32. The molecule has 0 unspecified atom stereocenters. The van der Waals surface area contributed by atoms with Crippen molar-refractivity contribution in [3.05, 3.63) is 72.2 Å². The van der Waals surface area contributed by atoms with Gasteiger partial charge < -0.3 is 18.9 Å². The number of fused-ring (bicyclic) bond motifs is 3. The summed E-state index contributed by atoms with van der Waals surface area (Å²) in [6.07, 6.45) is 5.24. The van der Waals surface area contributed by atoms with E-state index in [0.717, 1.165) is 24.1 Å². The number of carbonyl (C=O) groups excluding carboxylic acids is 2. The van der Waals surface area contributed by atoms with Gasteiger partial charge in [0, 0.05) is 51.4 Å². The fraction of sp³-hybridized carbons (Fsp3) is 0.400. The van der Waals surface area contributed by atoms with Crippen molar-refractivity contribution < 1.29 is 14.3 Å². The SMILES string of the molecule is O=C(c1cn2ccccc2n1)N1CCN2[C@H](C1)C(=O)N(Cc1ccccc1)C21CCOCC1. The number of piperazine rings is 1. The van der Waals surface area contributed by atoms with Crippen LogP contribution < -0.4 is 0 Å². The van der Waals surface area contributed by atoms with Gasteiger partial charge >= 0.3 is 0 Å². The number of amides is 2. The lowest BCUT2D eigenvalue weighted by Crippen LogP contribution is -2.62. The molecule has 0 N–H and O–H groups in total. The predicted octanol–water partition coefficient (Wildman–Crippen LogP) is 2.01. The van der Waals surface area contributed by atoms with E-state index in [4.69, 9.17) is 4.74 Å². The van der Waals surface area contributed by atoms with Crippen LogP contribution >= 0.6 is 0 Å². The molecule has 8 nitrogen and oxygen atoms in total. The molecule has 1 atom stereocenters. The van der Waals surface area contributed by atoms with E-state index in [1.807, 2.05) is 47.0 Å². The van der Waals surface area contributed by atoms with Crippen LogP contribution in [-0.4, -0.2) is 80.5 Å². The standard InChI is InChI=1S/C25H27N5O3/c31-23(20-17-27-11-5-4-8-22(27)26-20)28-12-13-29-21(18-28)24(32)30(16-19-6-2-1-3-7-19)25(29)9-14-33-15-10-25/h1-8,11,17,21H,9-10,12-16,18H2/t21-/m1/s1. The summed E-state index contributed by atoms with van der Waals surface area (Å²) in [6.45, 7) is 3.50. The number of carbonyl (C=O) groups is 2. The van der Waals surface area contributed by atoms with Crippen LogP contribution in [0.25, 0.3) is 5.65 Å². The van der Waals surface area contributed by atoms with Gasteiger partial charge in [-0.2, -0.15) is 0 Å². The first-order chi connectivity index (χ1) is 16.2. The predicted molar refractivity (Wildman–Crippen MR) is 121 cm³/mol. The number of pyridine rings is 1. The van der Waals surface area contributed by atoms with Crippen molar-refractivity contribution in [3.8, 4) is 0 Å².